The van der Waals surface area contributed by atoms with E-state index in [2.05, 4.69) is 239 Å². The SMILES string of the molecule is CC(C)(C)c1nc2c3c(n1)N(c1ccccc1)c1cc4c(cc1B3c1ccccc1O2)B1c2cc3c(cc2N(c2ccc5c(c2)C(C)(C)CCC5(C)C)c2nc(C(C)(C)C)nc(c21)N4c1ccccc1)C(C)(C)CCC3(C)C. The highest BCUT2D eigenvalue weighted by Gasteiger charge is 2.52. The number of nitrogens with zero attached hydrogens (tertiary/aromatic N) is 7. The topological polar surface area (TPSA) is 70.5 Å². The second-order valence-electron chi connectivity index (χ2n) is 28.1. The van der Waals surface area contributed by atoms with Crippen molar-refractivity contribution < 1.29 is 4.74 Å². The van der Waals surface area contributed by atoms with Gasteiger partial charge in [-0.25, -0.2) is 15.0 Å². The summed E-state index contributed by atoms with van der Waals surface area (Å²) < 4.78 is 6.94. The molecule has 6 aromatic carbocycles. The monoisotopic (exact) mass is 1020 g/mol. The van der Waals surface area contributed by atoms with Crippen LogP contribution in [0, 0.1) is 0 Å². The van der Waals surface area contributed by atoms with Crippen molar-refractivity contribution in [3.8, 4) is 11.6 Å². The van der Waals surface area contributed by atoms with Gasteiger partial charge in [-0.3, -0.25) is 14.7 Å². The molecule has 6 aliphatic rings. The first-order valence-electron chi connectivity index (χ1n) is 28.6. The Morgan fingerprint density at radius 2 is 0.821 bits per heavy atom. The van der Waals surface area contributed by atoms with Gasteiger partial charge in [0.15, 0.2) is 0 Å². The molecule has 14 rings (SSSR count). The maximum Gasteiger partial charge on any atom is 0.260 e. The highest BCUT2D eigenvalue weighted by atomic mass is 16.5. The van der Waals surface area contributed by atoms with E-state index in [1.807, 2.05) is 0 Å². The van der Waals surface area contributed by atoms with Gasteiger partial charge in [0.25, 0.3) is 13.4 Å². The number of fused-ring (bicyclic) bond motifs is 10. The van der Waals surface area contributed by atoms with Crippen LogP contribution < -0.4 is 52.2 Å². The first-order chi connectivity index (χ1) is 36.9. The molecule has 8 nitrogen and oxygen atoms in total. The maximum absolute atomic E-state index is 6.94. The molecule has 0 saturated heterocycles. The van der Waals surface area contributed by atoms with Crippen LogP contribution in [0.5, 0.6) is 11.6 Å². The number of para-hydroxylation sites is 3. The minimum absolute atomic E-state index is 0.00192. The molecule has 0 saturated carbocycles. The van der Waals surface area contributed by atoms with Crippen molar-refractivity contribution >= 4 is 97.8 Å². The molecule has 0 spiro atoms. The standard InChI is InChI=1S/C68H71B2N7O/c1-63(2,3)61-71-57-55-58(72-61)77(42-29-30-43-44(35-42)66(9,10)32-31-65(43,7)8)51-37-46-45(67(11,12)33-34-68(46,13)14)36-48(51)70(55)50-38-49-52(39-53(50)75(57)40-23-17-15-18-24-40)76(41-25-19-16-20-26-41)59-56-60(74-62(73-59)64(4,5)6)78-54-28-22-21-27-47(54)69(49)56/h15-30,35-39H,31-34H2,1-14H3. The zero-order chi connectivity index (χ0) is 54.4. The molecule has 78 heavy (non-hydrogen) atoms. The zero-order valence-corrected chi connectivity index (χ0v) is 48.1. The quantitative estimate of drug-likeness (QED) is 0.162. The Morgan fingerprint density at radius 3 is 1.37 bits per heavy atom. The molecular formula is C68H71B2N7O. The number of hydrogen-bond acceptors (Lipinski definition) is 8. The Kier molecular flexibility index (Phi) is 10.2. The molecule has 8 aromatic rings. The van der Waals surface area contributed by atoms with Gasteiger partial charge >= 0.3 is 0 Å². The smallest absolute Gasteiger partial charge is 0.260 e. The van der Waals surface area contributed by atoms with Gasteiger partial charge in [-0.1, -0.05) is 170 Å². The molecule has 0 unspecified atom stereocenters. The van der Waals surface area contributed by atoms with Gasteiger partial charge in [0.1, 0.15) is 34.9 Å². The van der Waals surface area contributed by atoms with Crippen molar-refractivity contribution in [1.29, 1.82) is 0 Å². The lowest BCUT2D eigenvalue weighted by molar-refractivity contribution is 0.332. The van der Waals surface area contributed by atoms with Crippen LogP contribution in [0.15, 0.2) is 127 Å². The number of anilines is 9. The zero-order valence-electron chi connectivity index (χ0n) is 48.1. The van der Waals surface area contributed by atoms with Crippen LogP contribution in [-0.4, -0.2) is 33.4 Å². The van der Waals surface area contributed by atoms with Crippen molar-refractivity contribution in [3.63, 3.8) is 0 Å². The summed E-state index contributed by atoms with van der Waals surface area (Å²) in [4.78, 5) is 30.1. The van der Waals surface area contributed by atoms with Crippen molar-refractivity contribution in [3.05, 3.63) is 161 Å². The van der Waals surface area contributed by atoms with Crippen molar-refractivity contribution in [1.82, 2.24) is 19.9 Å². The van der Waals surface area contributed by atoms with E-state index in [0.29, 0.717) is 5.88 Å². The molecule has 390 valence electrons. The first kappa shape index (κ1) is 49.1. The van der Waals surface area contributed by atoms with Crippen molar-refractivity contribution in [2.75, 3.05) is 14.7 Å². The van der Waals surface area contributed by atoms with Crippen LogP contribution in [0.4, 0.5) is 51.6 Å². The minimum atomic E-state index is -0.387. The fourth-order valence-corrected chi connectivity index (χ4v) is 14.0. The average molecular weight is 1020 g/mol. The third kappa shape index (κ3) is 7.12. The molecule has 0 amide bonds. The van der Waals surface area contributed by atoms with Gasteiger partial charge < -0.3 is 4.74 Å². The molecule has 6 heterocycles. The second-order valence-corrected chi connectivity index (χ2v) is 28.1. The minimum Gasteiger partial charge on any atom is -0.440 e. The second kappa shape index (κ2) is 16.2. The largest absolute Gasteiger partial charge is 0.440 e. The number of rotatable bonds is 3. The molecule has 0 N–H and O–H groups in total. The summed E-state index contributed by atoms with van der Waals surface area (Å²) >= 11 is 0. The van der Waals surface area contributed by atoms with E-state index < -0.39 is 0 Å². The van der Waals surface area contributed by atoms with Crippen LogP contribution in [0.25, 0.3) is 0 Å². The molecule has 0 atom stereocenters. The summed E-state index contributed by atoms with van der Waals surface area (Å²) in [5, 5.41) is 0. The summed E-state index contributed by atoms with van der Waals surface area (Å²) in [6.45, 7) is 32.5. The highest BCUT2D eigenvalue weighted by Crippen LogP contribution is 2.53. The van der Waals surface area contributed by atoms with E-state index in [1.165, 1.54) is 44.3 Å². The number of benzene rings is 6. The van der Waals surface area contributed by atoms with Gasteiger partial charge in [0, 0.05) is 55.9 Å². The fraction of sp³-hybridized carbons (Fsp3) is 0.353. The van der Waals surface area contributed by atoms with Crippen LogP contribution in [0.2, 0.25) is 0 Å². The van der Waals surface area contributed by atoms with Gasteiger partial charge in [0.2, 0.25) is 5.88 Å². The van der Waals surface area contributed by atoms with Crippen molar-refractivity contribution in [2.24, 2.45) is 0 Å². The molecule has 2 aromatic heterocycles. The van der Waals surface area contributed by atoms with Gasteiger partial charge in [-0.2, -0.15) is 4.98 Å². The lowest BCUT2D eigenvalue weighted by Gasteiger charge is -2.48. The van der Waals surface area contributed by atoms with E-state index in [4.69, 9.17) is 24.7 Å². The predicted octanol–water partition coefficient (Wildman–Crippen LogP) is 13.0. The molecule has 0 radical (unpaired) electrons. The van der Waals surface area contributed by atoms with Gasteiger partial charge in [-0.05, 0) is 146 Å². The van der Waals surface area contributed by atoms with Crippen LogP contribution in [-0.2, 0) is 32.5 Å². The van der Waals surface area contributed by atoms with Gasteiger partial charge in [-0.15, -0.1) is 0 Å². The van der Waals surface area contributed by atoms with E-state index in [1.54, 1.807) is 0 Å². The number of hydrogen-bond donors (Lipinski definition) is 0. The Balaban J connectivity index is 1.14. The van der Waals surface area contributed by atoms with Crippen LogP contribution in [0.3, 0.4) is 0 Å². The predicted molar refractivity (Wildman–Crippen MR) is 325 cm³/mol. The first-order valence-corrected chi connectivity index (χ1v) is 28.6. The van der Waals surface area contributed by atoms with Crippen molar-refractivity contribution in [2.45, 2.75) is 155 Å². The normalized spacial score (nSPS) is 18.3. The van der Waals surface area contributed by atoms with E-state index >= 15 is 0 Å². The number of ether oxygens (including phenoxy) is 1. The molecule has 2 aliphatic carbocycles. The lowest BCUT2D eigenvalue weighted by atomic mass is 9.31. The Hall–Kier alpha value is -7.19. The van der Waals surface area contributed by atoms with Crippen LogP contribution >= 0.6 is 0 Å². The Labute approximate surface area is 462 Å². The summed E-state index contributed by atoms with van der Waals surface area (Å²) in [7, 11) is 0. The Morgan fingerprint density at radius 1 is 0.397 bits per heavy atom. The molecule has 0 fully saturated rings. The molecule has 4 aliphatic heterocycles. The van der Waals surface area contributed by atoms with E-state index in [-0.39, 0.29) is 45.9 Å². The van der Waals surface area contributed by atoms with Crippen LogP contribution in [0.1, 0.15) is 157 Å². The third-order valence-electron chi connectivity index (χ3n) is 18.7. The summed E-state index contributed by atoms with van der Waals surface area (Å²) in [5.41, 5.74) is 18.5. The number of aromatic nitrogens is 4. The van der Waals surface area contributed by atoms with E-state index in [0.717, 1.165) is 105 Å². The third-order valence-corrected chi connectivity index (χ3v) is 18.7. The molecule has 0 bridgehead atoms. The van der Waals surface area contributed by atoms with E-state index in [9.17, 15) is 0 Å². The summed E-state index contributed by atoms with van der Waals surface area (Å²) in [5.74, 6) is 5.69. The highest BCUT2D eigenvalue weighted by molar-refractivity contribution is 7.02. The maximum atomic E-state index is 6.94. The summed E-state index contributed by atoms with van der Waals surface area (Å²) in [6.07, 6.45) is 4.52. The van der Waals surface area contributed by atoms with Gasteiger partial charge in [0.05, 0.1) is 0 Å². The Bertz CT molecular complexity index is 3850. The lowest BCUT2D eigenvalue weighted by Crippen LogP contribution is -2.65. The summed E-state index contributed by atoms with van der Waals surface area (Å²) in [6, 6.07) is 47.9. The molecular weight excluding hydrogens is 952 g/mol. The average Bonchev–Trinajstić information content (AvgIpc) is 3.56. The molecule has 10 heteroatoms. The fourth-order valence-electron chi connectivity index (χ4n) is 14.0.